The number of hydrogen-bond acceptors (Lipinski definition) is 4. The maximum Gasteiger partial charge on any atom is 0.170 e. The number of tetrazole rings is 1. The molecule has 0 aliphatic heterocycles. The van der Waals surface area contributed by atoms with Crippen molar-refractivity contribution in [3.8, 4) is 5.69 Å². The van der Waals surface area contributed by atoms with E-state index in [1.54, 1.807) is 4.68 Å². The molecule has 0 radical (unpaired) electrons. The van der Waals surface area contributed by atoms with Gasteiger partial charge in [0.1, 0.15) is 0 Å². The van der Waals surface area contributed by atoms with Crippen LogP contribution in [0.15, 0.2) is 54.6 Å². The molecule has 0 bridgehead atoms. The minimum atomic E-state index is 0.563. The minimum Gasteiger partial charge on any atom is -0.306 e. The van der Waals surface area contributed by atoms with Gasteiger partial charge in [0.05, 0.1) is 12.2 Å². The Bertz CT molecular complexity index is 711. The summed E-state index contributed by atoms with van der Waals surface area (Å²) in [6, 6.07) is 17.6. The van der Waals surface area contributed by atoms with Crippen LogP contribution in [0.5, 0.6) is 0 Å². The molecular weight excluding hydrogens is 286 g/mol. The van der Waals surface area contributed by atoms with Crippen LogP contribution in [0.3, 0.4) is 0 Å². The Hall–Kier alpha value is -2.24. The molecule has 0 aliphatic rings. The third-order valence-corrected chi connectivity index (χ3v) is 3.46. The molecule has 6 heteroatoms. The predicted octanol–water partition coefficient (Wildman–Crippen LogP) is 2.61. The molecule has 21 heavy (non-hydrogen) atoms. The number of nitrogens with one attached hydrogen (secondary N) is 1. The average Bonchev–Trinajstić information content (AvgIpc) is 2.99. The monoisotopic (exact) mass is 299 g/mol. The molecule has 0 aliphatic carbocycles. The van der Waals surface area contributed by atoms with Gasteiger partial charge in [-0.1, -0.05) is 48.0 Å². The summed E-state index contributed by atoms with van der Waals surface area (Å²) in [5.41, 5.74) is 2.00. The molecule has 3 aromatic rings. The topological polar surface area (TPSA) is 55.6 Å². The third kappa shape index (κ3) is 3.26. The number of aromatic nitrogens is 4. The molecule has 0 amide bonds. The highest BCUT2D eigenvalue weighted by Crippen LogP contribution is 2.14. The van der Waals surface area contributed by atoms with Gasteiger partial charge in [-0.2, -0.15) is 4.68 Å². The Morgan fingerprint density at radius 3 is 2.52 bits per heavy atom. The second-order valence-electron chi connectivity index (χ2n) is 4.54. The lowest BCUT2D eigenvalue weighted by Gasteiger charge is -2.07. The van der Waals surface area contributed by atoms with Crippen molar-refractivity contribution < 1.29 is 0 Å². The summed E-state index contributed by atoms with van der Waals surface area (Å²) in [6.45, 7) is 1.23. The molecule has 106 valence electrons. The maximum atomic E-state index is 6.13. The van der Waals surface area contributed by atoms with E-state index < -0.39 is 0 Å². The minimum absolute atomic E-state index is 0.563. The summed E-state index contributed by atoms with van der Waals surface area (Å²) in [6.07, 6.45) is 0. The van der Waals surface area contributed by atoms with E-state index in [2.05, 4.69) is 20.8 Å². The summed E-state index contributed by atoms with van der Waals surface area (Å²) in [5, 5.41) is 15.9. The van der Waals surface area contributed by atoms with Crippen molar-refractivity contribution in [2.75, 3.05) is 0 Å². The Morgan fingerprint density at radius 1 is 0.952 bits per heavy atom. The number of hydrogen-bond donors (Lipinski definition) is 1. The van der Waals surface area contributed by atoms with Crippen molar-refractivity contribution in [3.05, 3.63) is 71.0 Å². The van der Waals surface area contributed by atoms with Gasteiger partial charge in [0.15, 0.2) is 5.82 Å². The molecule has 1 heterocycles. The molecule has 0 fully saturated rings. The Morgan fingerprint density at radius 2 is 1.71 bits per heavy atom. The molecule has 0 saturated heterocycles. The van der Waals surface area contributed by atoms with E-state index in [-0.39, 0.29) is 0 Å². The molecule has 0 atom stereocenters. The number of nitrogens with zero attached hydrogens (tertiary/aromatic N) is 4. The zero-order valence-electron chi connectivity index (χ0n) is 11.3. The molecule has 1 N–H and O–H groups in total. The highest BCUT2D eigenvalue weighted by Gasteiger charge is 2.07. The van der Waals surface area contributed by atoms with Gasteiger partial charge in [-0.05, 0) is 34.2 Å². The van der Waals surface area contributed by atoms with Crippen LogP contribution in [-0.4, -0.2) is 20.2 Å². The molecule has 0 spiro atoms. The van der Waals surface area contributed by atoms with Crippen LogP contribution in [0.4, 0.5) is 0 Å². The Labute approximate surface area is 127 Å². The van der Waals surface area contributed by atoms with Crippen LogP contribution < -0.4 is 5.32 Å². The molecule has 3 rings (SSSR count). The standard InChI is InChI=1S/C15H14ClN5/c16-14-9-5-4-6-12(14)10-17-11-15-18-19-20-21(15)13-7-2-1-3-8-13/h1-9,17H,10-11H2. The Balaban J connectivity index is 1.67. The normalized spacial score (nSPS) is 10.7. The fraction of sp³-hybridized carbons (Fsp3) is 0.133. The second-order valence-corrected chi connectivity index (χ2v) is 4.94. The first-order chi connectivity index (χ1) is 10.3. The number of halogens is 1. The quantitative estimate of drug-likeness (QED) is 0.787. The summed E-state index contributed by atoms with van der Waals surface area (Å²) in [5.74, 6) is 0.758. The first kappa shape index (κ1) is 13.7. The summed E-state index contributed by atoms with van der Waals surface area (Å²) < 4.78 is 1.72. The van der Waals surface area contributed by atoms with Gasteiger partial charge in [0.25, 0.3) is 0 Å². The summed E-state index contributed by atoms with van der Waals surface area (Å²) in [4.78, 5) is 0. The second kappa shape index (κ2) is 6.47. The lowest BCUT2D eigenvalue weighted by molar-refractivity contribution is 0.641. The van der Waals surface area contributed by atoms with E-state index in [4.69, 9.17) is 11.6 Å². The SMILES string of the molecule is Clc1ccccc1CNCc1nnnn1-c1ccccc1. The van der Waals surface area contributed by atoms with Gasteiger partial charge in [-0.3, -0.25) is 0 Å². The van der Waals surface area contributed by atoms with Gasteiger partial charge in [0, 0.05) is 11.6 Å². The fourth-order valence-electron chi connectivity index (χ4n) is 2.04. The van der Waals surface area contributed by atoms with Crippen molar-refractivity contribution in [1.29, 1.82) is 0 Å². The van der Waals surface area contributed by atoms with Gasteiger partial charge >= 0.3 is 0 Å². The van der Waals surface area contributed by atoms with Crippen molar-refractivity contribution in [1.82, 2.24) is 25.5 Å². The number of benzene rings is 2. The maximum absolute atomic E-state index is 6.13. The predicted molar refractivity (Wildman–Crippen MR) is 81.1 cm³/mol. The van der Waals surface area contributed by atoms with Gasteiger partial charge in [-0.15, -0.1) is 5.10 Å². The van der Waals surface area contributed by atoms with Gasteiger partial charge in [0.2, 0.25) is 0 Å². The van der Waals surface area contributed by atoms with Crippen molar-refractivity contribution >= 4 is 11.6 Å². The van der Waals surface area contributed by atoms with Crippen LogP contribution in [-0.2, 0) is 13.1 Å². The van der Waals surface area contributed by atoms with E-state index in [0.29, 0.717) is 13.1 Å². The van der Waals surface area contributed by atoms with Crippen LogP contribution in [0.25, 0.3) is 5.69 Å². The van der Waals surface area contributed by atoms with E-state index in [1.807, 2.05) is 54.6 Å². The molecule has 0 unspecified atom stereocenters. The van der Waals surface area contributed by atoms with Crippen molar-refractivity contribution in [3.63, 3.8) is 0 Å². The zero-order valence-corrected chi connectivity index (χ0v) is 12.0. The van der Waals surface area contributed by atoms with Crippen molar-refractivity contribution in [2.45, 2.75) is 13.1 Å². The lowest BCUT2D eigenvalue weighted by atomic mass is 10.2. The smallest absolute Gasteiger partial charge is 0.170 e. The molecule has 1 aromatic heterocycles. The Kier molecular flexibility index (Phi) is 4.23. The van der Waals surface area contributed by atoms with Crippen LogP contribution in [0.2, 0.25) is 5.02 Å². The largest absolute Gasteiger partial charge is 0.306 e. The molecule has 5 nitrogen and oxygen atoms in total. The summed E-state index contributed by atoms with van der Waals surface area (Å²) in [7, 11) is 0. The van der Waals surface area contributed by atoms with Crippen LogP contribution in [0.1, 0.15) is 11.4 Å². The lowest BCUT2D eigenvalue weighted by Crippen LogP contribution is -2.17. The first-order valence-electron chi connectivity index (χ1n) is 6.61. The first-order valence-corrected chi connectivity index (χ1v) is 6.99. The molecule has 0 saturated carbocycles. The van der Waals surface area contributed by atoms with Crippen molar-refractivity contribution in [2.24, 2.45) is 0 Å². The van der Waals surface area contributed by atoms with Crippen LogP contribution in [0, 0.1) is 0 Å². The van der Waals surface area contributed by atoms with E-state index >= 15 is 0 Å². The molecular formula is C15H14ClN5. The van der Waals surface area contributed by atoms with E-state index in [9.17, 15) is 0 Å². The van der Waals surface area contributed by atoms with Gasteiger partial charge in [-0.25, -0.2) is 0 Å². The highest BCUT2D eigenvalue weighted by atomic mass is 35.5. The number of rotatable bonds is 5. The molecule has 2 aromatic carbocycles. The van der Waals surface area contributed by atoms with E-state index in [1.165, 1.54) is 0 Å². The summed E-state index contributed by atoms with van der Waals surface area (Å²) >= 11 is 6.13. The highest BCUT2D eigenvalue weighted by molar-refractivity contribution is 6.31. The third-order valence-electron chi connectivity index (χ3n) is 3.09. The number of para-hydroxylation sites is 1. The zero-order chi connectivity index (χ0) is 14.5. The van der Waals surface area contributed by atoms with E-state index in [0.717, 1.165) is 22.1 Å². The van der Waals surface area contributed by atoms with Gasteiger partial charge < -0.3 is 5.32 Å². The average molecular weight is 300 g/mol. The van der Waals surface area contributed by atoms with Crippen LogP contribution >= 0.6 is 11.6 Å². The fourth-order valence-corrected chi connectivity index (χ4v) is 2.24.